The van der Waals surface area contributed by atoms with Gasteiger partial charge in [0, 0.05) is 30.5 Å². The van der Waals surface area contributed by atoms with E-state index in [9.17, 15) is 9.90 Å². The largest absolute Gasteiger partial charge is 0.387 e. The number of piperidine rings is 1. The number of hydrogen-bond acceptors (Lipinski definition) is 4. The van der Waals surface area contributed by atoms with Gasteiger partial charge < -0.3 is 14.9 Å². The highest BCUT2D eigenvalue weighted by molar-refractivity contribution is 5.94. The Morgan fingerprint density at radius 2 is 2.27 bits per heavy atom. The second-order valence-corrected chi connectivity index (χ2v) is 6.58. The molecule has 1 N–H and O–H groups in total. The summed E-state index contributed by atoms with van der Waals surface area (Å²) < 4.78 is 0. The maximum Gasteiger partial charge on any atom is 0.254 e. The zero-order valence-electron chi connectivity index (χ0n) is 13.9. The average molecular weight is 305 g/mol. The van der Waals surface area contributed by atoms with Gasteiger partial charge in [-0.1, -0.05) is 13.3 Å². The monoisotopic (exact) mass is 305 g/mol. The summed E-state index contributed by atoms with van der Waals surface area (Å²) in [4.78, 5) is 20.7. The third-order valence-corrected chi connectivity index (χ3v) is 4.02. The summed E-state index contributed by atoms with van der Waals surface area (Å²) in [5.74, 6) is -0.00312. The Balaban J connectivity index is 2.10. The van der Waals surface area contributed by atoms with E-state index in [-0.39, 0.29) is 5.91 Å². The SMILES string of the molecule is CCCc1cc(C(=O)N2CCCC(O)(CN(C)C)C2)ccn1. The van der Waals surface area contributed by atoms with Crippen LogP contribution in [0, 0.1) is 0 Å². The van der Waals surface area contributed by atoms with E-state index in [0.29, 0.717) is 25.2 Å². The first-order valence-electron chi connectivity index (χ1n) is 8.05. The lowest BCUT2D eigenvalue weighted by Crippen LogP contribution is -2.54. The van der Waals surface area contributed by atoms with E-state index in [0.717, 1.165) is 31.4 Å². The van der Waals surface area contributed by atoms with Crippen LogP contribution in [0.2, 0.25) is 0 Å². The van der Waals surface area contributed by atoms with Gasteiger partial charge in [-0.25, -0.2) is 0 Å². The highest BCUT2D eigenvalue weighted by atomic mass is 16.3. The Morgan fingerprint density at radius 1 is 1.50 bits per heavy atom. The van der Waals surface area contributed by atoms with Gasteiger partial charge >= 0.3 is 0 Å². The number of carbonyl (C=O) groups is 1. The lowest BCUT2D eigenvalue weighted by Gasteiger charge is -2.40. The Morgan fingerprint density at radius 3 is 2.95 bits per heavy atom. The van der Waals surface area contributed by atoms with E-state index in [4.69, 9.17) is 0 Å². The van der Waals surface area contributed by atoms with Crippen LogP contribution in [0.3, 0.4) is 0 Å². The highest BCUT2D eigenvalue weighted by Crippen LogP contribution is 2.23. The quantitative estimate of drug-likeness (QED) is 0.897. The molecule has 1 aliphatic rings. The summed E-state index contributed by atoms with van der Waals surface area (Å²) >= 11 is 0. The molecule has 2 rings (SSSR count). The molecule has 1 atom stereocenters. The first kappa shape index (κ1) is 16.9. The first-order valence-corrected chi connectivity index (χ1v) is 8.05. The zero-order valence-corrected chi connectivity index (χ0v) is 13.9. The van der Waals surface area contributed by atoms with Gasteiger partial charge in [0.15, 0.2) is 0 Å². The molecule has 1 amide bonds. The Hall–Kier alpha value is -1.46. The minimum Gasteiger partial charge on any atom is -0.387 e. The third kappa shape index (κ3) is 4.27. The molecule has 2 heterocycles. The van der Waals surface area contributed by atoms with Gasteiger partial charge in [-0.15, -0.1) is 0 Å². The molecule has 0 saturated carbocycles. The second kappa shape index (κ2) is 7.20. The molecule has 1 aromatic heterocycles. The van der Waals surface area contributed by atoms with Crippen LogP contribution in [0.15, 0.2) is 18.3 Å². The molecular weight excluding hydrogens is 278 g/mol. The second-order valence-electron chi connectivity index (χ2n) is 6.58. The van der Waals surface area contributed by atoms with Crippen molar-refractivity contribution in [2.24, 2.45) is 0 Å². The smallest absolute Gasteiger partial charge is 0.254 e. The lowest BCUT2D eigenvalue weighted by molar-refractivity contribution is -0.0391. The van der Waals surface area contributed by atoms with E-state index in [1.165, 1.54) is 0 Å². The lowest BCUT2D eigenvalue weighted by atomic mass is 9.92. The number of hydrogen-bond donors (Lipinski definition) is 1. The molecule has 0 aromatic carbocycles. The number of aromatic nitrogens is 1. The van der Waals surface area contributed by atoms with Crippen LogP contribution in [0.25, 0.3) is 0 Å². The van der Waals surface area contributed by atoms with Crippen molar-refractivity contribution in [1.82, 2.24) is 14.8 Å². The molecule has 22 heavy (non-hydrogen) atoms. The van der Waals surface area contributed by atoms with Crippen LogP contribution < -0.4 is 0 Å². The normalized spacial score (nSPS) is 22.1. The number of amides is 1. The zero-order chi connectivity index (χ0) is 16.2. The average Bonchev–Trinajstić information content (AvgIpc) is 2.46. The number of carbonyl (C=O) groups excluding carboxylic acids is 1. The van der Waals surface area contributed by atoms with Crippen LogP contribution >= 0.6 is 0 Å². The minimum absolute atomic E-state index is 0.00312. The Kier molecular flexibility index (Phi) is 5.53. The summed E-state index contributed by atoms with van der Waals surface area (Å²) in [7, 11) is 3.89. The maximum absolute atomic E-state index is 12.7. The molecule has 5 heteroatoms. The van der Waals surface area contributed by atoms with Crippen LogP contribution in [0.5, 0.6) is 0 Å². The first-order chi connectivity index (χ1) is 10.4. The minimum atomic E-state index is -0.809. The molecule has 122 valence electrons. The van der Waals surface area contributed by atoms with Crippen molar-refractivity contribution >= 4 is 5.91 Å². The number of likely N-dealkylation sites (N-methyl/N-ethyl adjacent to an activating group) is 1. The molecule has 5 nitrogen and oxygen atoms in total. The number of aliphatic hydroxyl groups is 1. The standard InChI is InChI=1S/C17H27N3O2/c1-4-6-15-11-14(7-9-18-15)16(21)20-10-5-8-17(22,13-20)12-19(2)3/h7,9,11,22H,4-6,8,10,12-13H2,1-3H3. The molecule has 1 unspecified atom stereocenters. The van der Waals surface area contributed by atoms with Crippen molar-refractivity contribution < 1.29 is 9.90 Å². The number of β-amino-alcohol motifs (C(OH)–C–C–N with tert-alkyl or cyclic N) is 1. The predicted octanol–water partition coefficient (Wildman–Crippen LogP) is 1.56. The molecule has 1 fully saturated rings. The highest BCUT2D eigenvalue weighted by Gasteiger charge is 2.35. The number of nitrogens with zero attached hydrogens (tertiary/aromatic N) is 3. The topological polar surface area (TPSA) is 56.7 Å². The molecule has 0 aliphatic carbocycles. The summed E-state index contributed by atoms with van der Waals surface area (Å²) in [5.41, 5.74) is 0.818. The molecule has 1 aliphatic heterocycles. The van der Waals surface area contributed by atoms with E-state index in [1.54, 1.807) is 17.2 Å². The summed E-state index contributed by atoms with van der Waals surface area (Å²) in [5, 5.41) is 10.7. The molecule has 0 spiro atoms. The fourth-order valence-electron chi connectivity index (χ4n) is 3.19. The predicted molar refractivity (Wildman–Crippen MR) is 86.9 cm³/mol. The maximum atomic E-state index is 12.7. The van der Waals surface area contributed by atoms with Crippen LogP contribution in [-0.4, -0.2) is 65.1 Å². The van der Waals surface area contributed by atoms with Crippen molar-refractivity contribution in [2.75, 3.05) is 33.7 Å². The van der Waals surface area contributed by atoms with Crippen LogP contribution in [-0.2, 0) is 6.42 Å². The molecule has 1 aromatic rings. The number of rotatable bonds is 5. The fourth-order valence-corrected chi connectivity index (χ4v) is 3.19. The van der Waals surface area contributed by atoms with Gasteiger partial charge in [-0.05, 0) is 45.5 Å². The number of pyridine rings is 1. The fraction of sp³-hybridized carbons (Fsp3) is 0.647. The third-order valence-electron chi connectivity index (χ3n) is 4.02. The van der Waals surface area contributed by atoms with Crippen molar-refractivity contribution in [2.45, 2.75) is 38.2 Å². The van der Waals surface area contributed by atoms with Gasteiger partial charge in [0.25, 0.3) is 5.91 Å². The van der Waals surface area contributed by atoms with Crippen molar-refractivity contribution in [1.29, 1.82) is 0 Å². The van der Waals surface area contributed by atoms with Gasteiger partial charge in [-0.3, -0.25) is 9.78 Å². The van der Waals surface area contributed by atoms with Crippen molar-refractivity contribution in [3.8, 4) is 0 Å². The Bertz CT molecular complexity index is 518. The number of aryl methyl sites for hydroxylation is 1. The van der Waals surface area contributed by atoms with E-state index in [2.05, 4.69) is 11.9 Å². The van der Waals surface area contributed by atoms with Crippen LogP contribution in [0.1, 0.15) is 42.2 Å². The van der Waals surface area contributed by atoms with Crippen molar-refractivity contribution in [3.05, 3.63) is 29.6 Å². The van der Waals surface area contributed by atoms with Gasteiger partial charge in [0.2, 0.25) is 0 Å². The van der Waals surface area contributed by atoms with E-state index >= 15 is 0 Å². The summed E-state index contributed by atoms with van der Waals surface area (Å²) in [6.45, 7) is 3.78. The van der Waals surface area contributed by atoms with Crippen LogP contribution in [0.4, 0.5) is 0 Å². The summed E-state index contributed by atoms with van der Waals surface area (Å²) in [6.07, 6.45) is 5.17. The van der Waals surface area contributed by atoms with E-state index in [1.807, 2.05) is 25.1 Å². The Labute approximate surface area is 132 Å². The van der Waals surface area contributed by atoms with Gasteiger partial charge in [0.05, 0.1) is 12.1 Å². The van der Waals surface area contributed by atoms with E-state index < -0.39 is 5.60 Å². The van der Waals surface area contributed by atoms with Gasteiger partial charge in [0.1, 0.15) is 0 Å². The molecule has 1 saturated heterocycles. The molecule has 0 radical (unpaired) electrons. The molecule has 0 bridgehead atoms. The van der Waals surface area contributed by atoms with Gasteiger partial charge in [-0.2, -0.15) is 0 Å². The summed E-state index contributed by atoms with van der Waals surface area (Å²) in [6, 6.07) is 3.65. The molecular formula is C17H27N3O2. The van der Waals surface area contributed by atoms with Crippen molar-refractivity contribution in [3.63, 3.8) is 0 Å². The number of likely N-dealkylation sites (tertiary alicyclic amines) is 1.